The van der Waals surface area contributed by atoms with Gasteiger partial charge in [-0.15, -0.1) is 10.9 Å². The van der Waals surface area contributed by atoms with E-state index in [1.54, 1.807) is 6.08 Å². The fourth-order valence-electron chi connectivity index (χ4n) is 3.41. The van der Waals surface area contributed by atoms with Crippen molar-refractivity contribution in [2.24, 2.45) is 15.4 Å². The molecule has 0 radical (unpaired) electrons. The number of nitrogens with two attached hydrogens (primary N) is 1. The molecule has 2 aromatic rings. The van der Waals surface area contributed by atoms with Gasteiger partial charge < -0.3 is 4.74 Å². The number of rotatable bonds is 12. The highest BCUT2D eigenvalue weighted by Gasteiger charge is 2.20. The van der Waals surface area contributed by atoms with Gasteiger partial charge in [0.05, 0.1) is 11.5 Å². The normalized spacial score (nSPS) is 13.5. The summed E-state index contributed by atoms with van der Waals surface area (Å²) in [7, 11) is -3.27. The Kier molecular flexibility index (Phi) is 10.2. The van der Waals surface area contributed by atoms with E-state index < -0.39 is 20.7 Å². The Bertz CT molecular complexity index is 1180. The number of hydrogen-bond donors (Lipinski definition) is 1. The van der Waals surface area contributed by atoms with Gasteiger partial charge in [0.2, 0.25) is 0 Å². The maximum atomic E-state index is 12.5. The van der Waals surface area contributed by atoms with Crippen LogP contribution in [0.3, 0.4) is 0 Å². The average Bonchev–Trinajstić information content (AvgIpc) is 2.75. The molecule has 0 heterocycles. The van der Waals surface area contributed by atoms with E-state index in [-0.39, 0.29) is 35.3 Å². The van der Waals surface area contributed by atoms with Crippen LogP contribution in [-0.4, -0.2) is 27.4 Å². The summed E-state index contributed by atoms with van der Waals surface area (Å²) in [5.74, 6) is -0.874. The van der Waals surface area contributed by atoms with Crippen molar-refractivity contribution < 1.29 is 18.7 Å². The fourth-order valence-corrected chi connectivity index (χ4v) is 5.02. The molecule has 2 aromatic carbocycles. The Morgan fingerprint density at radius 3 is 2.74 bits per heavy atom. The molecule has 0 aromatic heterocycles. The minimum atomic E-state index is -3.27. The number of halogens is 1. The second-order valence-electron chi connectivity index (χ2n) is 8.20. The summed E-state index contributed by atoms with van der Waals surface area (Å²) in [5.41, 5.74) is 1.86. The number of amides is 1. The van der Waals surface area contributed by atoms with Crippen molar-refractivity contribution in [3.05, 3.63) is 80.9 Å². The van der Waals surface area contributed by atoms with E-state index >= 15 is 0 Å². The van der Waals surface area contributed by atoms with Gasteiger partial charge in [0.1, 0.15) is 9.92 Å². The fraction of sp³-hybridized carbons (Fsp3) is 0.375. The van der Waals surface area contributed by atoms with Crippen LogP contribution in [0.15, 0.2) is 53.4 Å². The lowest BCUT2D eigenvalue weighted by Crippen LogP contribution is -2.23. The molecule has 2 N–H and O–H groups in total. The molecule has 0 aliphatic heterocycles. The summed E-state index contributed by atoms with van der Waals surface area (Å²) < 4.78 is 21.7. The van der Waals surface area contributed by atoms with Crippen molar-refractivity contribution in [1.82, 2.24) is 0 Å². The summed E-state index contributed by atoms with van der Waals surface area (Å²) >= 11 is 6.04. The molecule has 0 aliphatic carbocycles. The standard InChI is InChI=1S/C24H30ClN3O5S/c1-4-7-17(2)16-34(26,32)27-24(29)20-10-12-23(22(15-20)28(30)31)33-13-6-5-8-19-14-21(25)11-9-18(19)3/h4,9-12,14-15,17H,1,5-8,13,16H2,2-3H3,(H2,26,27,29,32)/t17-,34?/m0/s1. The number of ether oxygens (including phenoxy) is 1. The number of nitro benzene ring substituents is 1. The average molecular weight is 508 g/mol. The number of benzene rings is 2. The number of aryl methyl sites for hydroxylation is 2. The zero-order chi connectivity index (χ0) is 25.3. The van der Waals surface area contributed by atoms with E-state index in [1.165, 1.54) is 12.1 Å². The highest BCUT2D eigenvalue weighted by Crippen LogP contribution is 2.29. The minimum absolute atomic E-state index is 0.0166. The quantitative estimate of drug-likeness (QED) is 0.172. The zero-order valence-corrected chi connectivity index (χ0v) is 20.9. The highest BCUT2D eigenvalue weighted by molar-refractivity contribution is 7.91. The molecule has 8 nitrogen and oxygen atoms in total. The van der Waals surface area contributed by atoms with Gasteiger partial charge in [-0.3, -0.25) is 14.9 Å². The molecule has 184 valence electrons. The molecule has 2 rings (SSSR count). The van der Waals surface area contributed by atoms with Crippen LogP contribution in [0.2, 0.25) is 5.02 Å². The number of carbonyl (C=O) groups excluding carboxylic acids is 1. The van der Waals surface area contributed by atoms with Gasteiger partial charge in [0.25, 0.3) is 5.91 Å². The van der Waals surface area contributed by atoms with Crippen LogP contribution in [0.25, 0.3) is 0 Å². The number of carbonyl (C=O) groups is 1. The summed E-state index contributed by atoms with van der Waals surface area (Å²) in [4.78, 5) is 23.3. The third-order valence-electron chi connectivity index (χ3n) is 5.14. The Morgan fingerprint density at radius 2 is 2.06 bits per heavy atom. The van der Waals surface area contributed by atoms with Gasteiger partial charge in [0, 0.05) is 22.4 Å². The Balaban J connectivity index is 2.03. The van der Waals surface area contributed by atoms with Crippen LogP contribution in [0.1, 0.15) is 47.7 Å². The van der Waals surface area contributed by atoms with Gasteiger partial charge >= 0.3 is 5.69 Å². The van der Waals surface area contributed by atoms with E-state index in [2.05, 4.69) is 10.9 Å². The second-order valence-corrected chi connectivity index (χ2v) is 10.5. The first kappa shape index (κ1) is 27.5. The molecule has 1 unspecified atom stereocenters. The lowest BCUT2D eigenvalue weighted by Gasteiger charge is -2.10. The number of nitro groups is 1. The first-order valence-corrected chi connectivity index (χ1v) is 13.0. The largest absolute Gasteiger partial charge is 0.487 e. The van der Waals surface area contributed by atoms with E-state index in [4.69, 9.17) is 21.5 Å². The van der Waals surface area contributed by atoms with Crippen molar-refractivity contribution in [1.29, 1.82) is 0 Å². The second kappa shape index (κ2) is 12.6. The summed E-state index contributed by atoms with van der Waals surface area (Å²) in [5, 5.41) is 17.9. The van der Waals surface area contributed by atoms with E-state index in [0.29, 0.717) is 17.9 Å². The first-order valence-electron chi connectivity index (χ1n) is 10.9. The summed E-state index contributed by atoms with van der Waals surface area (Å²) in [6.45, 7) is 7.73. The van der Waals surface area contributed by atoms with Gasteiger partial charge in [-0.05, 0) is 73.9 Å². The predicted molar refractivity (Wildman–Crippen MR) is 136 cm³/mol. The molecular formula is C24H30ClN3O5S. The van der Waals surface area contributed by atoms with Crippen LogP contribution in [0.4, 0.5) is 5.69 Å². The lowest BCUT2D eigenvalue weighted by atomic mass is 10.0. The third kappa shape index (κ3) is 8.55. The molecule has 34 heavy (non-hydrogen) atoms. The van der Waals surface area contributed by atoms with E-state index in [0.717, 1.165) is 30.0 Å². The Hall–Kier alpha value is -2.75. The molecule has 0 aliphatic rings. The predicted octanol–water partition coefficient (Wildman–Crippen LogP) is 5.65. The molecular weight excluding hydrogens is 478 g/mol. The molecule has 0 fully saturated rings. The number of hydrogen-bond acceptors (Lipinski definition) is 5. The number of allylic oxidation sites excluding steroid dienone is 1. The highest BCUT2D eigenvalue weighted by atomic mass is 35.5. The van der Waals surface area contributed by atoms with Crippen molar-refractivity contribution in [3.8, 4) is 5.75 Å². The van der Waals surface area contributed by atoms with E-state index in [1.807, 2.05) is 32.0 Å². The van der Waals surface area contributed by atoms with Crippen LogP contribution in [0.5, 0.6) is 5.75 Å². The summed E-state index contributed by atoms with van der Waals surface area (Å²) in [6.07, 6.45) is 4.56. The molecule has 0 spiro atoms. The van der Waals surface area contributed by atoms with Gasteiger partial charge in [-0.25, -0.2) is 9.35 Å². The molecule has 2 atom stereocenters. The Morgan fingerprint density at radius 1 is 1.32 bits per heavy atom. The molecule has 10 heteroatoms. The monoisotopic (exact) mass is 507 g/mol. The van der Waals surface area contributed by atoms with Crippen molar-refractivity contribution in [2.75, 3.05) is 12.4 Å². The third-order valence-corrected chi connectivity index (χ3v) is 6.90. The van der Waals surface area contributed by atoms with Crippen molar-refractivity contribution in [2.45, 2.75) is 39.5 Å². The van der Waals surface area contributed by atoms with Crippen molar-refractivity contribution in [3.63, 3.8) is 0 Å². The van der Waals surface area contributed by atoms with Gasteiger partial charge in [-0.2, -0.15) is 0 Å². The molecule has 0 saturated carbocycles. The van der Waals surface area contributed by atoms with Crippen LogP contribution >= 0.6 is 11.6 Å². The smallest absolute Gasteiger partial charge is 0.311 e. The van der Waals surface area contributed by atoms with Gasteiger partial charge in [0.15, 0.2) is 5.75 Å². The van der Waals surface area contributed by atoms with Crippen molar-refractivity contribution >= 4 is 33.1 Å². The molecule has 0 bridgehead atoms. The maximum absolute atomic E-state index is 12.5. The number of unbranched alkanes of at least 4 members (excludes halogenated alkanes) is 1. The summed E-state index contributed by atoms with van der Waals surface area (Å²) in [6, 6.07) is 9.52. The topological polar surface area (TPSA) is 125 Å². The van der Waals surface area contributed by atoms with Crippen LogP contribution in [-0.2, 0) is 16.3 Å². The Labute approximate surface area is 205 Å². The first-order chi connectivity index (χ1) is 16.0. The van der Waals surface area contributed by atoms with Gasteiger partial charge in [-0.1, -0.05) is 30.7 Å². The molecule has 0 saturated heterocycles. The van der Waals surface area contributed by atoms with E-state index in [9.17, 15) is 19.1 Å². The number of nitrogens with zero attached hydrogens (tertiary/aromatic N) is 2. The molecule has 1 amide bonds. The SMILES string of the molecule is C=CC[C@H](C)CS(N)(=O)=NC(=O)c1ccc(OCCCCc2cc(Cl)ccc2C)c([N+](=O)[O-])c1. The zero-order valence-electron chi connectivity index (χ0n) is 19.4. The lowest BCUT2D eigenvalue weighted by molar-refractivity contribution is -0.385. The van der Waals surface area contributed by atoms with Crippen LogP contribution < -0.4 is 9.88 Å². The van der Waals surface area contributed by atoms with Crippen LogP contribution in [0, 0.1) is 23.0 Å². The minimum Gasteiger partial charge on any atom is -0.487 e. The maximum Gasteiger partial charge on any atom is 0.311 e.